The molecule has 0 amide bonds. The first-order chi connectivity index (χ1) is 36.5. The van der Waals surface area contributed by atoms with E-state index in [2.05, 4.69) is 81.5 Å². The van der Waals surface area contributed by atoms with Gasteiger partial charge in [-0.1, -0.05) is 306 Å². The molecule has 0 aliphatic heterocycles. The van der Waals surface area contributed by atoms with Crippen molar-refractivity contribution in [3.8, 4) is 0 Å². The average molecular weight is 1030 g/mol. The van der Waals surface area contributed by atoms with Crippen molar-refractivity contribution < 1.29 is 28.6 Å². The second kappa shape index (κ2) is 62.4. The number of rotatable bonds is 58. The van der Waals surface area contributed by atoms with E-state index in [1.165, 1.54) is 212 Å². The Morgan fingerprint density at radius 1 is 0.297 bits per heavy atom. The quantitative estimate of drug-likeness (QED) is 0.0261. The van der Waals surface area contributed by atoms with Gasteiger partial charge in [-0.15, -0.1) is 0 Å². The lowest BCUT2D eigenvalue weighted by Gasteiger charge is -2.18. The van der Waals surface area contributed by atoms with Crippen molar-refractivity contribution in [3.63, 3.8) is 0 Å². The number of allylic oxidation sites excluding steroid dienone is 11. The maximum absolute atomic E-state index is 12.9. The third-order valence-corrected chi connectivity index (χ3v) is 14.0. The van der Waals surface area contributed by atoms with Gasteiger partial charge < -0.3 is 14.2 Å². The van der Waals surface area contributed by atoms with Crippen LogP contribution < -0.4 is 0 Å². The van der Waals surface area contributed by atoms with E-state index in [1.807, 2.05) is 6.08 Å². The highest BCUT2D eigenvalue weighted by atomic mass is 16.6. The summed E-state index contributed by atoms with van der Waals surface area (Å²) in [6, 6.07) is 0. The Labute approximate surface area is 459 Å². The van der Waals surface area contributed by atoms with Crippen LogP contribution in [0.5, 0.6) is 0 Å². The summed E-state index contributed by atoms with van der Waals surface area (Å²) in [6.45, 7) is 6.47. The second-order valence-electron chi connectivity index (χ2n) is 21.3. The van der Waals surface area contributed by atoms with Crippen LogP contribution in [0.4, 0.5) is 0 Å². The van der Waals surface area contributed by atoms with Gasteiger partial charge in [0.1, 0.15) is 13.2 Å². The molecule has 6 heteroatoms. The predicted molar refractivity (Wildman–Crippen MR) is 321 cm³/mol. The van der Waals surface area contributed by atoms with Gasteiger partial charge in [0.05, 0.1) is 6.42 Å². The van der Waals surface area contributed by atoms with E-state index in [1.54, 1.807) is 6.08 Å². The molecular weight excluding hydrogens is 913 g/mol. The van der Waals surface area contributed by atoms with Crippen molar-refractivity contribution in [3.05, 3.63) is 72.9 Å². The van der Waals surface area contributed by atoms with Gasteiger partial charge in [-0.2, -0.15) is 0 Å². The van der Waals surface area contributed by atoms with Crippen LogP contribution in [0.1, 0.15) is 323 Å². The van der Waals surface area contributed by atoms with E-state index in [0.29, 0.717) is 12.8 Å². The molecule has 0 fully saturated rings. The number of unbranched alkanes of at least 4 members (excludes halogenated alkanes) is 36. The first-order valence-electron chi connectivity index (χ1n) is 31.9. The molecule has 0 bridgehead atoms. The van der Waals surface area contributed by atoms with Crippen molar-refractivity contribution in [1.29, 1.82) is 0 Å². The molecule has 74 heavy (non-hydrogen) atoms. The molecule has 0 radical (unpaired) electrons. The maximum Gasteiger partial charge on any atom is 0.309 e. The van der Waals surface area contributed by atoms with Crippen LogP contribution >= 0.6 is 0 Å². The summed E-state index contributed by atoms with van der Waals surface area (Å²) in [4.78, 5) is 38.2. The van der Waals surface area contributed by atoms with Crippen LogP contribution in [-0.4, -0.2) is 37.2 Å². The molecule has 0 spiro atoms. The van der Waals surface area contributed by atoms with E-state index in [-0.39, 0.29) is 31.6 Å². The summed E-state index contributed by atoms with van der Waals surface area (Å²) in [5, 5.41) is 0. The monoisotopic (exact) mass is 1030 g/mol. The third kappa shape index (κ3) is 59.7. The van der Waals surface area contributed by atoms with Gasteiger partial charge in [0, 0.05) is 12.8 Å². The Morgan fingerprint density at radius 2 is 0.581 bits per heavy atom. The minimum Gasteiger partial charge on any atom is -0.462 e. The molecule has 1 atom stereocenters. The van der Waals surface area contributed by atoms with Crippen LogP contribution in [0.3, 0.4) is 0 Å². The van der Waals surface area contributed by atoms with Crippen LogP contribution in [0.15, 0.2) is 72.9 Å². The van der Waals surface area contributed by atoms with E-state index in [4.69, 9.17) is 14.2 Å². The summed E-state index contributed by atoms with van der Waals surface area (Å²) < 4.78 is 16.8. The molecule has 0 aromatic carbocycles. The lowest BCUT2D eigenvalue weighted by atomic mass is 10.0. The van der Waals surface area contributed by atoms with Crippen molar-refractivity contribution in [2.75, 3.05) is 13.2 Å². The number of hydrogen-bond acceptors (Lipinski definition) is 6. The van der Waals surface area contributed by atoms with Gasteiger partial charge in [0.15, 0.2) is 6.10 Å². The predicted octanol–water partition coefficient (Wildman–Crippen LogP) is 21.7. The number of ether oxygens (including phenoxy) is 3. The summed E-state index contributed by atoms with van der Waals surface area (Å²) >= 11 is 0. The molecule has 0 aromatic rings. The van der Waals surface area contributed by atoms with E-state index < -0.39 is 12.1 Å². The SMILES string of the molecule is CC/C=C\C/C=C\C/C=C\C/C=C\C/C=C\CC(=O)OCC(COC(=O)CCCCCCCCCCCCCCCCCCCCCCCCCC)OC(=O)CCCCCCCCC/C=C\CCCCCCCC. The molecule has 0 N–H and O–H groups in total. The van der Waals surface area contributed by atoms with Crippen LogP contribution in [0, 0.1) is 0 Å². The zero-order valence-corrected chi connectivity index (χ0v) is 49.1. The fraction of sp³-hybridized carbons (Fsp3) is 0.779. The minimum absolute atomic E-state index is 0.104. The van der Waals surface area contributed by atoms with E-state index in [9.17, 15) is 14.4 Å². The highest BCUT2D eigenvalue weighted by molar-refractivity contribution is 5.72. The third-order valence-electron chi connectivity index (χ3n) is 14.0. The molecule has 1 unspecified atom stereocenters. The summed E-state index contributed by atoms with van der Waals surface area (Å²) in [7, 11) is 0. The number of esters is 3. The number of carbonyl (C=O) groups excluding carboxylic acids is 3. The lowest BCUT2D eigenvalue weighted by Crippen LogP contribution is -2.30. The first kappa shape index (κ1) is 70.8. The van der Waals surface area contributed by atoms with Crippen LogP contribution in [-0.2, 0) is 28.6 Å². The van der Waals surface area contributed by atoms with Crippen LogP contribution in [0.2, 0.25) is 0 Å². The van der Waals surface area contributed by atoms with Gasteiger partial charge in [-0.3, -0.25) is 14.4 Å². The first-order valence-corrected chi connectivity index (χ1v) is 31.9. The molecule has 0 aliphatic rings. The molecule has 0 aromatic heterocycles. The Balaban J connectivity index is 4.36. The topological polar surface area (TPSA) is 78.9 Å². The van der Waals surface area contributed by atoms with Gasteiger partial charge in [0.25, 0.3) is 0 Å². The second-order valence-corrected chi connectivity index (χ2v) is 21.3. The molecule has 428 valence electrons. The van der Waals surface area contributed by atoms with Gasteiger partial charge in [-0.25, -0.2) is 0 Å². The van der Waals surface area contributed by atoms with Crippen molar-refractivity contribution >= 4 is 17.9 Å². The Morgan fingerprint density at radius 3 is 0.932 bits per heavy atom. The zero-order chi connectivity index (χ0) is 53.6. The van der Waals surface area contributed by atoms with Crippen LogP contribution in [0.25, 0.3) is 0 Å². The van der Waals surface area contributed by atoms with Gasteiger partial charge in [0.2, 0.25) is 0 Å². The molecule has 0 heterocycles. The fourth-order valence-electron chi connectivity index (χ4n) is 9.22. The Kier molecular flexibility index (Phi) is 59.7. The lowest BCUT2D eigenvalue weighted by molar-refractivity contribution is -0.166. The Hall–Kier alpha value is -3.15. The van der Waals surface area contributed by atoms with Crippen molar-refractivity contribution in [1.82, 2.24) is 0 Å². The van der Waals surface area contributed by atoms with E-state index >= 15 is 0 Å². The van der Waals surface area contributed by atoms with E-state index in [0.717, 1.165) is 70.6 Å². The maximum atomic E-state index is 12.9. The molecule has 0 rings (SSSR count). The minimum atomic E-state index is -0.817. The summed E-state index contributed by atoms with van der Waals surface area (Å²) in [5.41, 5.74) is 0. The fourth-order valence-corrected chi connectivity index (χ4v) is 9.22. The highest BCUT2D eigenvalue weighted by Crippen LogP contribution is 2.17. The normalized spacial score (nSPS) is 12.5. The molecule has 0 saturated carbocycles. The molecule has 0 saturated heterocycles. The molecule has 6 nitrogen and oxygen atoms in total. The number of carbonyl (C=O) groups is 3. The molecular formula is C68H120O6. The largest absolute Gasteiger partial charge is 0.462 e. The summed E-state index contributed by atoms with van der Waals surface area (Å²) in [5.74, 6) is -1.03. The molecule has 0 aliphatic carbocycles. The van der Waals surface area contributed by atoms with Crippen molar-refractivity contribution in [2.24, 2.45) is 0 Å². The van der Waals surface area contributed by atoms with Crippen molar-refractivity contribution in [2.45, 2.75) is 329 Å². The van der Waals surface area contributed by atoms with Gasteiger partial charge >= 0.3 is 17.9 Å². The smallest absolute Gasteiger partial charge is 0.309 e. The Bertz CT molecular complexity index is 1370. The standard InChI is InChI=1S/C68H120O6/c1-4-7-10-13-16-19-22-25-28-30-31-32-33-34-35-36-38-40-43-46-49-52-55-58-61-67(70)73-64-65(63-72-66(69)60-57-54-51-48-45-42-39-27-24-21-18-15-12-9-6-3)74-68(71)62-59-56-53-50-47-44-41-37-29-26-23-20-17-14-11-8-5-2/h9,12,18,21,26-27,29,39,45,48,54,57,65H,4-8,10-11,13-17,19-20,22-25,28,30-38,40-44,46-47,49-53,55-56,58-64H2,1-3H3/b12-9-,21-18-,29-26-,39-27-,48-45-,57-54-. The zero-order valence-electron chi connectivity index (χ0n) is 49.1. The van der Waals surface area contributed by atoms with Gasteiger partial charge in [-0.05, 0) is 70.6 Å². The average Bonchev–Trinajstić information content (AvgIpc) is 3.40. The number of hydrogen-bond donors (Lipinski definition) is 0. The summed E-state index contributed by atoms with van der Waals surface area (Å²) in [6.07, 6.45) is 80.9. The highest BCUT2D eigenvalue weighted by Gasteiger charge is 2.19.